The van der Waals surface area contributed by atoms with Gasteiger partial charge in [-0.25, -0.2) is 0 Å². The first-order valence-corrected chi connectivity index (χ1v) is 7.65. The molecule has 1 aliphatic carbocycles. The molecule has 1 fully saturated rings. The van der Waals surface area contributed by atoms with Gasteiger partial charge in [0.15, 0.2) is 0 Å². The van der Waals surface area contributed by atoms with Crippen molar-refractivity contribution in [1.82, 2.24) is 10.6 Å². The van der Waals surface area contributed by atoms with Crippen LogP contribution in [-0.4, -0.2) is 24.5 Å². The molecular weight excluding hydrogens is 244 g/mol. The minimum Gasteiger partial charge on any atom is -0.349 e. The van der Waals surface area contributed by atoms with Crippen molar-refractivity contribution in [3.63, 3.8) is 0 Å². The molecule has 0 bridgehead atoms. The quantitative estimate of drug-likeness (QED) is 0.858. The predicted octanol–water partition coefficient (Wildman–Crippen LogP) is 2.04. The first-order valence-electron chi connectivity index (χ1n) is 6.77. The summed E-state index contributed by atoms with van der Waals surface area (Å²) in [6.07, 6.45) is 4.32. The number of thiophene rings is 1. The highest BCUT2D eigenvalue weighted by atomic mass is 32.1. The van der Waals surface area contributed by atoms with Crippen LogP contribution >= 0.6 is 11.3 Å². The molecule has 2 heterocycles. The highest BCUT2D eigenvalue weighted by Gasteiger charge is 2.34. The van der Waals surface area contributed by atoms with Crippen molar-refractivity contribution in [2.24, 2.45) is 0 Å². The van der Waals surface area contributed by atoms with Crippen LogP contribution in [0.25, 0.3) is 0 Å². The van der Waals surface area contributed by atoms with E-state index in [-0.39, 0.29) is 17.4 Å². The molecule has 18 heavy (non-hydrogen) atoms. The predicted molar refractivity (Wildman–Crippen MR) is 74.0 cm³/mol. The van der Waals surface area contributed by atoms with E-state index >= 15 is 0 Å². The Hall–Kier alpha value is -0.870. The van der Waals surface area contributed by atoms with Crippen LogP contribution in [0.1, 0.15) is 42.5 Å². The highest BCUT2D eigenvalue weighted by Crippen LogP contribution is 2.35. The standard InChI is InChI=1S/C14H20N2OS/c1-14(6-7-15-9-14)16-13(17)11-3-2-4-12-10(11)5-8-18-12/h5,8,11,15H,2-4,6-7,9H2,1H3,(H,16,17). The lowest BCUT2D eigenvalue weighted by molar-refractivity contribution is -0.124. The van der Waals surface area contributed by atoms with Gasteiger partial charge in [0.05, 0.1) is 11.5 Å². The molecule has 2 atom stereocenters. The van der Waals surface area contributed by atoms with E-state index in [1.165, 1.54) is 10.4 Å². The number of hydrogen-bond acceptors (Lipinski definition) is 3. The summed E-state index contributed by atoms with van der Waals surface area (Å²) in [7, 11) is 0. The van der Waals surface area contributed by atoms with Crippen LogP contribution in [0, 0.1) is 0 Å². The van der Waals surface area contributed by atoms with E-state index in [1.54, 1.807) is 11.3 Å². The maximum absolute atomic E-state index is 12.5. The number of carbonyl (C=O) groups is 1. The molecule has 1 aromatic heterocycles. The molecule has 4 heteroatoms. The lowest BCUT2D eigenvalue weighted by Crippen LogP contribution is -2.49. The van der Waals surface area contributed by atoms with Gasteiger partial charge in [-0.2, -0.15) is 0 Å². The van der Waals surface area contributed by atoms with E-state index in [0.717, 1.165) is 38.8 Å². The molecular formula is C14H20N2OS. The van der Waals surface area contributed by atoms with Crippen molar-refractivity contribution < 1.29 is 4.79 Å². The van der Waals surface area contributed by atoms with Crippen LogP contribution in [0.3, 0.4) is 0 Å². The third kappa shape index (κ3) is 2.19. The molecule has 0 radical (unpaired) electrons. The van der Waals surface area contributed by atoms with E-state index in [4.69, 9.17) is 0 Å². The zero-order valence-corrected chi connectivity index (χ0v) is 11.6. The first kappa shape index (κ1) is 12.2. The summed E-state index contributed by atoms with van der Waals surface area (Å²) in [6.45, 7) is 4.04. The molecule has 3 rings (SSSR count). The Labute approximate surface area is 112 Å². The van der Waals surface area contributed by atoms with E-state index in [1.807, 2.05) is 0 Å². The lowest BCUT2D eigenvalue weighted by atomic mass is 9.86. The van der Waals surface area contributed by atoms with Gasteiger partial charge >= 0.3 is 0 Å². The number of nitrogens with one attached hydrogen (secondary N) is 2. The van der Waals surface area contributed by atoms with Gasteiger partial charge < -0.3 is 10.6 Å². The minimum atomic E-state index is -0.0509. The SMILES string of the molecule is CC1(NC(=O)C2CCCc3sccc32)CCNC1. The molecule has 1 aromatic rings. The molecule has 2 N–H and O–H groups in total. The topological polar surface area (TPSA) is 41.1 Å². The average molecular weight is 264 g/mol. The summed E-state index contributed by atoms with van der Waals surface area (Å²) >= 11 is 1.80. The molecule has 98 valence electrons. The minimum absolute atomic E-state index is 0.0509. The highest BCUT2D eigenvalue weighted by molar-refractivity contribution is 7.10. The smallest absolute Gasteiger partial charge is 0.228 e. The monoisotopic (exact) mass is 264 g/mol. The Morgan fingerprint density at radius 1 is 1.61 bits per heavy atom. The second-order valence-corrected chi connectivity index (χ2v) is 6.72. The van der Waals surface area contributed by atoms with E-state index in [0.29, 0.717) is 0 Å². The number of hydrogen-bond donors (Lipinski definition) is 2. The number of aryl methyl sites for hydroxylation is 1. The van der Waals surface area contributed by atoms with Crippen molar-refractivity contribution in [3.8, 4) is 0 Å². The molecule has 3 nitrogen and oxygen atoms in total. The normalized spacial score (nSPS) is 31.1. The van der Waals surface area contributed by atoms with E-state index in [2.05, 4.69) is 29.0 Å². The fraction of sp³-hybridized carbons (Fsp3) is 0.643. The van der Waals surface area contributed by atoms with Crippen LogP contribution in [0.4, 0.5) is 0 Å². The van der Waals surface area contributed by atoms with Gasteiger partial charge in [0.25, 0.3) is 0 Å². The molecule has 2 unspecified atom stereocenters. The third-order valence-electron chi connectivity index (χ3n) is 4.16. The van der Waals surface area contributed by atoms with Crippen LogP contribution in [0.2, 0.25) is 0 Å². The molecule has 0 spiro atoms. The van der Waals surface area contributed by atoms with Gasteiger partial charge in [-0.15, -0.1) is 11.3 Å². The zero-order chi connectivity index (χ0) is 12.6. The Kier molecular flexibility index (Phi) is 3.16. The van der Waals surface area contributed by atoms with Crippen LogP contribution < -0.4 is 10.6 Å². The summed E-state index contributed by atoms with van der Waals surface area (Å²) in [5.41, 5.74) is 1.23. The van der Waals surface area contributed by atoms with Gasteiger partial charge in [0.1, 0.15) is 0 Å². The Balaban J connectivity index is 1.74. The molecule has 2 aliphatic rings. The van der Waals surface area contributed by atoms with Gasteiger partial charge in [-0.3, -0.25) is 4.79 Å². The molecule has 0 aromatic carbocycles. The number of rotatable bonds is 2. The fourth-order valence-electron chi connectivity index (χ4n) is 3.07. The summed E-state index contributed by atoms with van der Waals surface area (Å²) in [5, 5.41) is 8.70. The Bertz CT molecular complexity index is 448. The average Bonchev–Trinajstić information content (AvgIpc) is 2.96. The van der Waals surface area contributed by atoms with Crippen LogP contribution in [0.5, 0.6) is 0 Å². The number of fused-ring (bicyclic) bond motifs is 1. The Morgan fingerprint density at radius 3 is 3.28 bits per heavy atom. The van der Waals surface area contributed by atoms with Crippen LogP contribution in [-0.2, 0) is 11.2 Å². The molecule has 1 aliphatic heterocycles. The maximum atomic E-state index is 12.5. The number of amides is 1. The van der Waals surface area contributed by atoms with E-state index in [9.17, 15) is 4.79 Å². The second-order valence-electron chi connectivity index (χ2n) is 5.72. The summed E-state index contributed by atoms with van der Waals surface area (Å²) in [6, 6.07) is 2.14. The third-order valence-corrected chi connectivity index (χ3v) is 5.16. The zero-order valence-electron chi connectivity index (χ0n) is 10.8. The van der Waals surface area contributed by atoms with E-state index < -0.39 is 0 Å². The maximum Gasteiger partial charge on any atom is 0.228 e. The summed E-state index contributed by atoms with van der Waals surface area (Å²) in [5.74, 6) is 0.304. The van der Waals surface area contributed by atoms with Crippen molar-refractivity contribution >= 4 is 17.2 Å². The van der Waals surface area contributed by atoms with Crippen molar-refractivity contribution in [2.75, 3.05) is 13.1 Å². The van der Waals surface area contributed by atoms with Crippen molar-refractivity contribution in [2.45, 2.75) is 44.1 Å². The van der Waals surface area contributed by atoms with Crippen molar-refractivity contribution in [1.29, 1.82) is 0 Å². The second kappa shape index (κ2) is 4.67. The largest absolute Gasteiger partial charge is 0.349 e. The summed E-state index contributed by atoms with van der Waals surface area (Å²) < 4.78 is 0. The van der Waals surface area contributed by atoms with Gasteiger partial charge in [-0.05, 0) is 56.2 Å². The van der Waals surface area contributed by atoms with Gasteiger partial charge in [0.2, 0.25) is 5.91 Å². The lowest BCUT2D eigenvalue weighted by Gasteiger charge is -2.29. The Morgan fingerprint density at radius 2 is 2.50 bits per heavy atom. The fourth-order valence-corrected chi connectivity index (χ4v) is 4.05. The molecule has 1 saturated heterocycles. The first-order chi connectivity index (χ1) is 8.68. The molecule has 1 amide bonds. The van der Waals surface area contributed by atoms with Crippen molar-refractivity contribution in [3.05, 3.63) is 21.9 Å². The van der Waals surface area contributed by atoms with Gasteiger partial charge in [0, 0.05) is 11.4 Å². The van der Waals surface area contributed by atoms with Crippen LogP contribution in [0.15, 0.2) is 11.4 Å². The number of carbonyl (C=O) groups excluding carboxylic acids is 1. The summed E-state index contributed by atoms with van der Waals surface area (Å²) in [4.78, 5) is 13.9. The molecule has 0 saturated carbocycles. The van der Waals surface area contributed by atoms with Gasteiger partial charge in [-0.1, -0.05) is 0 Å².